The molecule has 0 spiro atoms. The Bertz CT molecular complexity index is 561. The zero-order chi connectivity index (χ0) is 13.4. The highest BCUT2D eigenvalue weighted by atomic mass is 15.1. The normalized spacial score (nSPS) is 29.3. The van der Waals surface area contributed by atoms with Crippen LogP contribution in [0, 0.1) is 0 Å². The van der Waals surface area contributed by atoms with Crippen LogP contribution in [0.4, 0.5) is 0 Å². The minimum Gasteiger partial charge on any atom is -0.367 e. The second kappa shape index (κ2) is 4.74. The molecule has 2 fully saturated rings. The molecular weight excluding hydrogens is 246 g/mol. The number of piperidine rings is 2. The van der Waals surface area contributed by atoms with E-state index in [9.17, 15) is 0 Å². The largest absolute Gasteiger partial charge is 0.367 e. The quantitative estimate of drug-likeness (QED) is 0.906. The zero-order valence-electron chi connectivity index (χ0n) is 11.8. The van der Waals surface area contributed by atoms with Gasteiger partial charge in [0.15, 0.2) is 0 Å². The maximum atomic E-state index is 4.70. The van der Waals surface area contributed by atoms with Crippen LogP contribution in [0.2, 0.25) is 0 Å². The maximum absolute atomic E-state index is 4.70. The third-order valence-electron chi connectivity index (χ3n) is 5.06. The summed E-state index contributed by atoms with van der Waals surface area (Å²) in [6.07, 6.45) is 11.4. The van der Waals surface area contributed by atoms with Crippen LogP contribution in [0.5, 0.6) is 0 Å². The predicted octanol–water partition coefficient (Wildman–Crippen LogP) is 3.20. The van der Waals surface area contributed by atoms with E-state index < -0.39 is 0 Å². The van der Waals surface area contributed by atoms with Crippen molar-refractivity contribution in [3.8, 4) is 11.3 Å². The summed E-state index contributed by atoms with van der Waals surface area (Å²) in [5, 5.41) is 0. The average Bonchev–Trinajstić information content (AvgIpc) is 3.02. The van der Waals surface area contributed by atoms with Gasteiger partial charge in [0.25, 0.3) is 0 Å². The summed E-state index contributed by atoms with van der Waals surface area (Å²) in [4.78, 5) is 10.4. The summed E-state index contributed by atoms with van der Waals surface area (Å²) >= 11 is 0. The number of rotatable bonds is 2. The predicted molar refractivity (Wildman–Crippen MR) is 80.6 cm³/mol. The van der Waals surface area contributed by atoms with Gasteiger partial charge in [-0.15, -0.1) is 0 Å². The number of fused-ring (bicyclic) bond motifs is 2. The molecule has 2 aliphatic heterocycles. The van der Waals surface area contributed by atoms with Gasteiger partial charge >= 0.3 is 0 Å². The molecule has 4 rings (SSSR count). The highest BCUT2D eigenvalue weighted by Gasteiger charge is 2.39. The molecule has 0 aromatic carbocycles. The molecule has 0 unspecified atom stereocenters. The number of pyridine rings is 1. The first-order valence-electron chi connectivity index (χ1n) is 7.68. The Morgan fingerprint density at radius 1 is 1.10 bits per heavy atom. The van der Waals surface area contributed by atoms with Crippen LogP contribution < -0.4 is 0 Å². The Morgan fingerprint density at radius 3 is 2.60 bits per heavy atom. The Morgan fingerprint density at radius 2 is 1.95 bits per heavy atom. The van der Waals surface area contributed by atoms with Gasteiger partial charge in [0.2, 0.25) is 0 Å². The number of H-pyrrole nitrogens is 1. The lowest BCUT2D eigenvalue weighted by Gasteiger charge is -2.47. The van der Waals surface area contributed by atoms with E-state index in [2.05, 4.69) is 34.3 Å². The summed E-state index contributed by atoms with van der Waals surface area (Å²) in [6, 6.07) is 6.56. The monoisotopic (exact) mass is 267 g/mol. The first-order chi connectivity index (χ1) is 9.86. The Labute approximate surface area is 120 Å². The number of aromatic amines is 1. The van der Waals surface area contributed by atoms with Crippen LogP contribution >= 0.6 is 0 Å². The van der Waals surface area contributed by atoms with Crippen LogP contribution in [0.1, 0.15) is 31.2 Å². The fourth-order valence-electron chi connectivity index (χ4n) is 4.00. The smallest absolute Gasteiger partial charge is 0.0717 e. The zero-order valence-corrected chi connectivity index (χ0v) is 11.8. The molecule has 0 radical (unpaired) electrons. The lowest BCUT2D eigenvalue weighted by Crippen LogP contribution is -2.50. The van der Waals surface area contributed by atoms with E-state index >= 15 is 0 Å². The number of nitrogens with one attached hydrogen (secondary N) is 1. The maximum Gasteiger partial charge on any atom is 0.0717 e. The summed E-state index contributed by atoms with van der Waals surface area (Å²) in [5.74, 6) is 0. The number of aromatic nitrogens is 2. The van der Waals surface area contributed by atoms with Crippen molar-refractivity contribution in [1.29, 1.82) is 0 Å². The first kappa shape index (κ1) is 12.2. The Balaban J connectivity index is 1.65. The molecule has 104 valence electrons. The minimum atomic E-state index is 0.375. The van der Waals surface area contributed by atoms with Gasteiger partial charge in [-0.2, -0.15) is 0 Å². The van der Waals surface area contributed by atoms with Crippen molar-refractivity contribution >= 4 is 0 Å². The van der Waals surface area contributed by atoms with Crippen LogP contribution in [0.15, 0.2) is 36.8 Å². The van der Waals surface area contributed by atoms with Crippen molar-refractivity contribution < 1.29 is 0 Å². The third kappa shape index (κ3) is 1.97. The lowest BCUT2D eigenvalue weighted by atomic mass is 9.69. The fourth-order valence-corrected chi connectivity index (χ4v) is 4.00. The molecular formula is C17H21N3. The summed E-state index contributed by atoms with van der Waals surface area (Å²) in [6.45, 7) is 3.81. The highest BCUT2D eigenvalue weighted by molar-refractivity contribution is 5.58. The molecule has 0 atom stereocenters. The van der Waals surface area contributed by atoms with E-state index in [0.717, 1.165) is 5.69 Å². The molecule has 0 aliphatic carbocycles. The molecule has 4 heterocycles. The molecule has 0 saturated carbocycles. The van der Waals surface area contributed by atoms with Gasteiger partial charge in [-0.05, 0) is 56.5 Å². The molecule has 1 N–H and O–H groups in total. The molecule has 20 heavy (non-hydrogen) atoms. The number of hydrogen-bond donors (Lipinski definition) is 1. The van der Waals surface area contributed by atoms with Crippen molar-refractivity contribution in [2.24, 2.45) is 0 Å². The van der Waals surface area contributed by atoms with Gasteiger partial charge < -0.3 is 9.88 Å². The van der Waals surface area contributed by atoms with Gasteiger partial charge in [-0.3, -0.25) is 4.98 Å². The lowest BCUT2D eigenvalue weighted by molar-refractivity contribution is 0.0941. The molecule has 3 nitrogen and oxygen atoms in total. The van der Waals surface area contributed by atoms with E-state index in [1.807, 2.05) is 12.4 Å². The van der Waals surface area contributed by atoms with Crippen molar-refractivity contribution in [1.82, 2.24) is 14.9 Å². The average molecular weight is 267 g/mol. The van der Waals surface area contributed by atoms with Crippen LogP contribution in [-0.4, -0.2) is 34.5 Å². The minimum absolute atomic E-state index is 0.375. The van der Waals surface area contributed by atoms with E-state index in [1.54, 1.807) is 0 Å². The molecule has 3 heteroatoms. The molecule has 0 amide bonds. The molecule has 2 bridgehead atoms. The highest BCUT2D eigenvalue weighted by Crippen LogP contribution is 2.41. The second-order valence-corrected chi connectivity index (χ2v) is 6.30. The number of hydrogen-bond acceptors (Lipinski definition) is 2. The number of nitrogens with zero attached hydrogens (tertiary/aromatic N) is 2. The van der Waals surface area contributed by atoms with Gasteiger partial charge in [-0.25, -0.2) is 0 Å². The molecule has 2 saturated heterocycles. The van der Waals surface area contributed by atoms with Gasteiger partial charge in [0.05, 0.1) is 5.69 Å². The standard InChI is InChI=1S/C17H21N3/c1-6-17(7-2-10-20(9-1)13-17)15-3-4-16(19-12-15)14-5-8-18-11-14/h3-5,8,11-12,18H,1-2,6-7,9-10,13H2. The Kier molecular flexibility index (Phi) is 2.88. The fraction of sp³-hybridized carbons (Fsp3) is 0.471. The molecule has 2 aliphatic rings. The second-order valence-electron chi connectivity index (χ2n) is 6.30. The van der Waals surface area contributed by atoms with Crippen molar-refractivity contribution in [2.75, 3.05) is 19.6 Å². The van der Waals surface area contributed by atoms with Crippen LogP contribution in [0.3, 0.4) is 0 Å². The summed E-state index contributed by atoms with van der Waals surface area (Å²) < 4.78 is 0. The topological polar surface area (TPSA) is 31.9 Å². The van der Waals surface area contributed by atoms with E-state index in [4.69, 9.17) is 4.98 Å². The van der Waals surface area contributed by atoms with E-state index in [0.29, 0.717) is 5.41 Å². The first-order valence-corrected chi connectivity index (χ1v) is 7.68. The SMILES string of the molecule is c1cc(-c2ccc(C34CCCN(CCC3)C4)cn2)c[nH]1. The van der Waals surface area contributed by atoms with Crippen LogP contribution in [-0.2, 0) is 5.41 Å². The third-order valence-corrected chi connectivity index (χ3v) is 5.06. The van der Waals surface area contributed by atoms with Crippen molar-refractivity contribution in [2.45, 2.75) is 31.1 Å². The Hall–Kier alpha value is -1.61. The van der Waals surface area contributed by atoms with Crippen molar-refractivity contribution in [3.63, 3.8) is 0 Å². The van der Waals surface area contributed by atoms with E-state index in [-0.39, 0.29) is 0 Å². The molecule has 2 aromatic rings. The van der Waals surface area contributed by atoms with Gasteiger partial charge in [-0.1, -0.05) is 6.07 Å². The summed E-state index contributed by atoms with van der Waals surface area (Å²) in [7, 11) is 0. The molecule has 2 aromatic heterocycles. The van der Waals surface area contributed by atoms with Crippen molar-refractivity contribution in [3.05, 3.63) is 42.4 Å². The summed E-state index contributed by atoms with van der Waals surface area (Å²) in [5.41, 5.74) is 4.05. The van der Waals surface area contributed by atoms with Gasteiger partial charge in [0.1, 0.15) is 0 Å². The van der Waals surface area contributed by atoms with E-state index in [1.165, 1.54) is 56.4 Å². The van der Waals surface area contributed by atoms with Crippen LogP contribution in [0.25, 0.3) is 11.3 Å². The van der Waals surface area contributed by atoms with Gasteiger partial charge in [0, 0.05) is 36.1 Å².